The molecule has 1 fully saturated rings. The first-order chi connectivity index (χ1) is 9.22. The summed E-state index contributed by atoms with van der Waals surface area (Å²) in [5.74, 6) is 0. The Kier molecular flexibility index (Phi) is 3.33. The van der Waals surface area contributed by atoms with Gasteiger partial charge in [-0.05, 0) is 36.6 Å². The van der Waals surface area contributed by atoms with Gasteiger partial charge in [-0.3, -0.25) is 4.68 Å². The summed E-state index contributed by atoms with van der Waals surface area (Å²) in [5, 5.41) is 8.56. The zero-order chi connectivity index (χ0) is 13.3. The highest BCUT2D eigenvalue weighted by Gasteiger charge is 2.39. The van der Waals surface area contributed by atoms with Crippen LogP contribution < -0.4 is 5.32 Å². The average Bonchev–Trinajstić information content (AvgIpc) is 2.81. The van der Waals surface area contributed by atoms with E-state index in [4.69, 9.17) is 11.6 Å². The van der Waals surface area contributed by atoms with Crippen LogP contribution in [-0.2, 0) is 18.4 Å². The fourth-order valence-electron chi connectivity index (χ4n) is 2.74. The van der Waals surface area contributed by atoms with Crippen LogP contribution >= 0.6 is 11.6 Å². The highest BCUT2D eigenvalue weighted by molar-refractivity contribution is 6.30. The summed E-state index contributed by atoms with van der Waals surface area (Å²) < 4.78 is 1.98. The van der Waals surface area contributed by atoms with Gasteiger partial charge in [-0.1, -0.05) is 23.7 Å². The van der Waals surface area contributed by atoms with Crippen LogP contribution in [-0.4, -0.2) is 22.9 Å². The maximum Gasteiger partial charge on any atom is 0.0522 e. The van der Waals surface area contributed by atoms with E-state index in [0.29, 0.717) is 0 Å². The molecule has 1 N–H and O–H groups in total. The number of rotatable bonds is 4. The SMILES string of the molecule is CCn1cc(CC2(c3cccc(Cl)c3)CNC2)cn1. The molecular weight excluding hydrogens is 258 g/mol. The highest BCUT2D eigenvalue weighted by Crippen LogP contribution is 2.33. The monoisotopic (exact) mass is 275 g/mol. The molecular formula is C15H18ClN3. The normalized spacial score (nSPS) is 17.2. The minimum Gasteiger partial charge on any atom is -0.315 e. The van der Waals surface area contributed by atoms with E-state index in [0.717, 1.165) is 31.1 Å². The smallest absolute Gasteiger partial charge is 0.0522 e. The number of aryl methyl sites for hydroxylation is 1. The van der Waals surface area contributed by atoms with Crippen molar-refractivity contribution in [2.75, 3.05) is 13.1 Å². The molecule has 3 rings (SSSR count). The third-order valence-corrected chi connectivity index (χ3v) is 4.15. The Bertz CT molecular complexity index is 572. The zero-order valence-corrected chi connectivity index (χ0v) is 11.8. The number of halogens is 1. The lowest BCUT2D eigenvalue weighted by molar-refractivity contribution is 0.274. The van der Waals surface area contributed by atoms with Gasteiger partial charge in [0.25, 0.3) is 0 Å². The van der Waals surface area contributed by atoms with Gasteiger partial charge in [-0.2, -0.15) is 5.10 Å². The van der Waals surface area contributed by atoms with Gasteiger partial charge in [0.05, 0.1) is 6.20 Å². The molecule has 1 aromatic heterocycles. The molecule has 2 aromatic rings. The predicted octanol–water partition coefficient (Wildman–Crippen LogP) is 2.64. The third-order valence-electron chi connectivity index (χ3n) is 3.92. The molecule has 0 aliphatic carbocycles. The summed E-state index contributed by atoms with van der Waals surface area (Å²) in [5.41, 5.74) is 2.79. The van der Waals surface area contributed by atoms with Crippen molar-refractivity contribution in [1.29, 1.82) is 0 Å². The summed E-state index contributed by atoms with van der Waals surface area (Å²) >= 11 is 6.12. The van der Waals surface area contributed by atoms with Gasteiger partial charge in [0.2, 0.25) is 0 Å². The lowest BCUT2D eigenvalue weighted by atomic mass is 9.71. The number of nitrogens with zero attached hydrogens (tertiary/aromatic N) is 2. The van der Waals surface area contributed by atoms with Crippen molar-refractivity contribution in [2.24, 2.45) is 0 Å². The van der Waals surface area contributed by atoms with Gasteiger partial charge < -0.3 is 5.32 Å². The first kappa shape index (κ1) is 12.7. The Hall–Kier alpha value is -1.32. The average molecular weight is 276 g/mol. The lowest BCUT2D eigenvalue weighted by Gasteiger charge is -2.43. The van der Waals surface area contributed by atoms with Gasteiger partial charge in [0, 0.05) is 36.3 Å². The van der Waals surface area contributed by atoms with Crippen molar-refractivity contribution in [3.8, 4) is 0 Å². The lowest BCUT2D eigenvalue weighted by Crippen LogP contribution is -2.58. The fourth-order valence-corrected chi connectivity index (χ4v) is 2.93. The van der Waals surface area contributed by atoms with Crippen LogP contribution in [0.5, 0.6) is 0 Å². The van der Waals surface area contributed by atoms with Crippen LogP contribution in [0.1, 0.15) is 18.1 Å². The molecule has 0 radical (unpaired) electrons. The van der Waals surface area contributed by atoms with Gasteiger partial charge >= 0.3 is 0 Å². The first-order valence-corrected chi connectivity index (χ1v) is 7.08. The van der Waals surface area contributed by atoms with Crippen LogP contribution in [0.25, 0.3) is 0 Å². The van der Waals surface area contributed by atoms with Crippen LogP contribution in [0.15, 0.2) is 36.7 Å². The Labute approximate surface area is 118 Å². The molecule has 19 heavy (non-hydrogen) atoms. The van der Waals surface area contributed by atoms with Gasteiger partial charge in [0.15, 0.2) is 0 Å². The van der Waals surface area contributed by atoms with Crippen molar-refractivity contribution < 1.29 is 0 Å². The molecule has 0 unspecified atom stereocenters. The summed E-state index contributed by atoms with van der Waals surface area (Å²) in [6.07, 6.45) is 5.14. The van der Waals surface area contributed by atoms with E-state index in [9.17, 15) is 0 Å². The van der Waals surface area contributed by atoms with E-state index < -0.39 is 0 Å². The minimum atomic E-state index is 0.173. The molecule has 4 heteroatoms. The van der Waals surface area contributed by atoms with Gasteiger partial charge in [-0.25, -0.2) is 0 Å². The van der Waals surface area contributed by atoms with Crippen molar-refractivity contribution >= 4 is 11.6 Å². The molecule has 1 aliphatic heterocycles. The van der Waals surface area contributed by atoms with Crippen LogP contribution in [0.4, 0.5) is 0 Å². The highest BCUT2D eigenvalue weighted by atomic mass is 35.5. The topological polar surface area (TPSA) is 29.9 Å². The van der Waals surface area contributed by atoms with Gasteiger partial charge in [-0.15, -0.1) is 0 Å². The predicted molar refractivity (Wildman–Crippen MR) is 77.6 cm³/mol. The third kappa shape index (κ3) is 2.40. The Balaban J connectivity index is 1.87. The van der Waals surface area contributed by atoms with Crippen molar-refractivity contribution in [3.63, 3.8) is 0 Å². The number of benzene rings is 1. The largest absolute Gasteiger partial charge is 0.315 e. The molecule has 0 bridgehead atoms. The maximum absolute atomic E-state index is 6.12. The zero-order valence-electron chi connectivity index (χ0n) is 11.1. The molecule has 3 nitrogen and oxygen atoms in total. The molecule has 100 valence electrons. The number of aromatic nitrogens is 2. The van der Waals surface area contributed by atoms with E-state index in [-0.39, 0.29) is 5.41 Å². The van der Waals surface area contributed by atoms with Crippen LogP contribution in [0.2, 0.25) is 5.02 Å². The maximum atomic E-state index is 6.12. The van der Waals surface area contributed by atoms with Gasteiger partial charge in [0.1, 0.15) is 0 Å². The number of nitrogens with one attached hydrogen (secondary N) is 1. The fraction of sp³-hybridized carbons (Fsp3) is 0.400. The molecule has 1 saturated heterocycles. The molecule has 1 aliphatic rings. The molecule has 0 amide bonds. The quantitative estimate of drug-likeness (QED) is 0.930. The molecule has 1 aromatic carbocycles. The molecule has 2 heterocycles. The number of hydrogen-bond donors (Lipinski definition) is 1. The Morgan fingerprint density at radius 3 is 2.84 bits per heavy atom. The summed E-state index contributed by atoms with van der Waals surface area (Å²) in [6.45, 7) is 5.03. The second-order valence-corrected chi connectivity index (χ2v) is 5.71. The van der Waals surface area contributed by atoms with E-state index in [2.05, 4.69) is 35.7 Å². The van der Waals surface area contributed by atoms with Crippen molar-refractivity contribution in [1.82, 2.24) is 15.1 Å². The first-order valence-electron chi connectivity index (χ1n) is 6.70. The molecule has 0 saturated carbocycles. The Morgan fingerprint density at radius 2 is 2.26 bits per heavy atom. The second kappa shape index (κ2) is 4.99. The Morgan fingerprint density at radius 1 is 1.42 bits per heavy atom. The van der Waals surface area contributed by atoms with Crippen LogP contribution in [0.3, 0.4) is 0 Å². The minimum absolute atomic E-state index is 0.173. The molecule has 0 atom stereocenters. The van der Waals surface area contributed by atoms with Crippen LogP contribution in [0, 0.1) is 0 Å². The number of hydrogen-bond acceptors (Lipinski definition) is 2. The standard InChI is InChI=1S/C15H18ClN3/c1-2-19-9-12(8-18-19)7-15(10-17-11-15)13-4-3-5-14(16)6-13/h3-6,8-9,17H,2,7,10-11H2,1H3. The summed E-state index contributed by atoms with van der Waals surface area (Å²) in [7, 11) is 0. The van der Waals surface area contributed by atoms with E-state index in [1.165, 1.54) is 11.1 Å². The summed E-state index contributed by atoms with van der Waals surface area (Å²) in [6, 6.07) is 8.23. The van der Waals surface area contributed by atoms with E-state index >= 15 is 0 Å². The van der Waals surface area contributed by atoms with Crippen molar-refractivity contribution in [3.05, 3.63) is 52.8 Å². The van der Waals surface area contributed by atoms with E-state index in [1.807, 2.05) is 23.0 Å². The van der Waals surface area contributed by atoms with Crippen molar-refractivity contribution in [2.45, 2.75) is 25.3 Å². The molecule has 0 spiro atoms. The summed E-state index contributed by atoms with van der Waals surface area (Å²) in [4.78, 5) is 0. The second-order valence-electron chi connectivity index (χ2n) is 5.28. The van der Waals surface area contributed by atoms with E-state index in [1.54, 1.807) is 0 Å².